The van der Waals surface area contributed by atoms with Gasteiger partial charge in [-0.25, -0.2) is 4.39 Å². The molecule has 0 bridgehead atoms. The first-order valence-electron chi connectivity index (χ1n) is 6.70. The van der Waals surface area contributed by atoms with Gasteiger partial charge in [0, 0.05) is 6.20 Å². The molecule has 1 N–H and O–H groups in total. The molecule has 1 aromatic rings. The van der Waals surface area contributed by atoms with Crippen LogP contribution in [0.1, 0.15) is 45.6 Å². The molecule has 0 aromatic carbocycles. The summed E-state index contributed by atoms with van der Waals surface area (Å²) in [6.45, 7) is 6.33. The quantitative estimate of drug-likeness (QED) is 0.875. The molecule has 1 fully saturated rings. The average molecular weight is 251 g/mol. The van der Waals surface area contributed by atoms with Crippen LogP contribution in [0.3, 0.4) is 0 Å². The van der Waals surface area contributed by atoms with Gasteiger partial charge in [0.15, 0.2) is 0 Å². The number of rotatable bonds is 2. The summed E-state index contributed by atoms with van der Waals surface area (Å²) in [4.78, 5) is 3.93. The van der Waals surface area contributed by atoms with Gasteiger partial charge in [-0.3, -0.25) is 4.98 Å². The maximum Gasteiger partial charge on any atom is 0.141 e. The minimum atomic E-state index is -0.306. The summed E-state index contributed by atoms with van der Waals surface area (Å²) in [5, 5.41) is 10.3. The van der Waals surface area contributed by atoms with Crippen molar-refractivity contribution < 1.29 is 9.50 Å². The smallest absolute Gasteiger partial charge is 0.141 e. The van der Waals surface area contributed by atoms with Gasteiger partial charge in [-0.1, -0.05) is 27.2 Å². The molecule has 1 aliphatic carbocycles. The highest BCUT2D eigenvalue weighted by Crippen LogP contribution is 2.42. The third-order valence-corrected chi connectivity index (χ3v) is 4.45. The zero-order valence-corrected chi connectivity index (χ0v) is 11.4. The summed E-state index contributed by atoms with van der Waals surface area (Å²) in [7, 11) is 0. The van der Waals surface area contributed by atoms with Crippen molar-refractivity contribution >= 4 is 0 Å². The maximum atomic E-state index is 13.3. The van der Waals surface area contributed by atoms with Gasteiger partial charge in [-0.2, -0.15) is 0 Å². The van der Waals surface area contributed by atoms with Gasteiger partial charge in [0.05, 0.1) is 12.3 Å². The van der Waals surface area contributed by atoms with Crippen LogP contribution >= 0.6 is 0 Å². The Morgan fingerprint density at radius 1 is 1.33 bits per heavy atom. The lowest BCUT2D eigenvalue weighted by Crippen LogP contribution is -2.41. The second-order valence-corrected chi connectivity index (χ2v) is 6.21. The van der Waals surface area contributed by atoms with Crippen molar-refractivity contribution in [1.29, 1.82) is 0 Å². The van der Waals surface area contributed by atoms with Crippen LogP contribution in [-0.2, 0) is 5.41 Å². The number of hydrogen-bond donors (Lipinski definition) is 1. The van der Waals surface area contributed by atoms with E-state index in [0.717, 1.165) is 24.8 Å². The van der Waals surface area contributed by atoms with Crippen LogP contribution in [0.25, 0.3) is 0 Å². The number of pyridine rings is 1. The summed E-state index contributed by atoms with van der Waals surface area (Å²) < 4.78 is 13.3. The molecule has 0 saturated heterocycles. The lowest BCUT2D eigenvalue weighted by Gasteiger charge is -2.42. The van der Waals surface area contributed by atoms with Crippen molar-refractivity contribution in [2.75, 3.05) is 0 Å². The molecule has 0 amide bonds. The fourth-order valence-electron chi connectivity index (χ4n) is 3.17. The Morgan fingerprint density at radius 3 is 2.67 bits per heavy atom. The first kappa shape index (κ1) is 13.5. The van der Waals surface area contributed by atoms with E-state index < -0.39 is 0 Å². The van der Waals surface area contributed by atoms with Gasteiger partial charge in [0.1, 0.15) is 5.82 Å². The molecule has 3 atom stereocenters. The Labute approximate surface area is 108 Å². The molecule has 0 spiro atoms. The fraction of sp³-hybridized carbons (Fsp3) is 0.667. The number of aliphatic hydroxyl groups excluding tert-OH is 1. The van der Waals surface area contributed by atoms with E-state index in [9.17, 15) is 9.50 Å². The lowest BCUT2D eigenvalue weighted by atomic mass is 9.65. The van der Waals surface area contributed by atoms with Gasteiger partial charge in [0.2, 0.25) is 0 Å². The predicted octanol–water partition coefficient (Wildman–Crippen LogP) is 3.30. The van der Waals surface area contributed by atoms with Crippen molar-refractivity contribution in [3.8, 4) is 0 Å². The Kier molecular flexibility index (Phi) is 3.71. The molecule has 0 aliphatic heterocycles. The largest absolute Gasteiger partial charge is 0.393 e. The molecule has 2 rings (SSSR count). The SMILES string of the molecule is CC1CCC(C(C)(C)c2cncc(F)c2)C(O)C1. The van der Waals surface area contributed by atoms with Crippen molar-refractivity contribution in [2.24, 2.45) is 11.8 Å². The molecule has 3 heteroatoms. The highest BCUT2D eigenvalue weighted by Gasteiger charge is 2.39. The van der Waals surface area contributed by atoms with Gasteiger partial charge in [-0.15, -0.1) is 0 Å². The van der Waals surface area contributed by atoms with Gasteiger partial charge >= 0.3 is 0 Å². The van der Waals surface area contributed by atoms with E-state index in [0.29, 0.717) is 5.92 Å². The summed E-state index contributed by atoms with van der Waals surface area (Å²) >= 11 is 0. The second kappa shape index (κ2) is 4.96. The number of nitrogens with zero attached hydrogens (tertiary/aromatic N) is 1. The summed E-state index contributed by atoms with van der Waals surface area (Å²) in [6, 6.07) is 1.54. The number of aromatic nitrogens is 1. The third-order valence-electron chi connectivity index (χ3n) is 4.45. The first-order chi connectivity index (χ1) is 8.41. The number of halogens is 1. The standard InChI is InChI=1S/C15H22FNO/c1-10-4-5-13(14(18)6-10)15(2,3)11-7-12(16)9-17-8-11/h7-10,13-14,18H,4-6H2,1-3H3. The van der Waals surface area contributed by atoms with E-state index in [1.165, 1.54) is 12.3 Å². The highest BCUT2D eigenvalue weighted by atomic mass is 19.1. The van der Waals surface area contributed by atoms with Crippen molar-refractivity contribution in [2.45, 2.75) is 51.6 Å². The van der Waals surface area contributed by atoms with Crippen molar-refractivity contribution in [1.82, 2.24) is 4.98 Å². The van der Waals surface area contributed by atoms with Gasteiger partial charge in [-0.05, 0) is 41.7 Å². The zero-order valence-electron chi connectivity index (χ0n) is 11.4. The second-order valence-electron chi connectivity index (χ2n) is 6.21. The zero-order chi connectivity index (χ0) is 13.3. The topological polar surface area (TPSA) is 33.1 Å². The fourth-order valence-corrected chi connectivity index (χ4v) is 3.17. The molecule has 18 heavy (non-hydrogen) atoms. The molecular weight excluding hydrogens is 229 g/mol. The van der Waals surface area contributed by atoms with E-state index in [-0.39, 0.29) is 23.3 Å². The molecule has 3 unspecified atom stereocenters. The molecule has 0 radical (unpaired) electrons. The molecular formula is C15H22FNO. The number of aliphatic hydroxyl groups is 1. The van der Waals surface area contributed by atoms with Crippen molar-refractivity contribution in [3.63, 3.8) is 0 Å². The van der Waals surface area contributed by atoms with Gasteiger partial charge in [0.25, 0.3) is 0 Å². The predicted molar refractivity (Wildman–Crippen MR) is 69.7 cm³/mol. The minimum Gasteiger partial charge on any atom is -0.393 e. The summed E-state index contributed by atoms with van der Waals surface area (Å²) in [5.74, 6) is 0.453. The van der Waals surface area contributed by atoms with E-state index >= 15 is 0 Å². The first-order valence-corrected chi connectivity index (χ1v) is 6.70. The van der Waals surface area contributed by atoms with Gasteiger partial charge < -0.3 is 5.11 Å². The summed E-state index contributed by atoms with van der Waals surface area (Å²) in [6.07, 6.45) is 5.61. The lowest BCUT2D eigenvalue weighted by molar-refractivity contribution is 0.0142. The van der Waals surface area contributed by atoms with E-state index in [2.05, 4.69) is 25.8 Å². The Morgan fingerprint density at radius 2 is 2.06 bits per heavy atom. The van der Waals surface area contributed by atoms with E-state index in [1.54, 1.807) is 6.20 Å². The van der Waals surface area contributed by atoms with Crippen LogP contribution < -0.4 is 0 Å². The molecule has 100 valence electrons. The third kappa shape index (κ3) is 2.56. The Bertz CT molecular complexity index is 419. The molecule has 1 saturated carbocycles. The van der Waals surface area contributed by atoms with Crippen LogP contribution in [-0.4, -0.2) is 16.2 Å². The van der Waals surface area contributed by atoms with Crippen LogP contribution in [0.4, 0.5) is 4.39 Å². The normalized spacial score (nSPS) is 29.3. The molecule has 1 aliphatic rings. The summed E-state index contributed by atoms with van der Waals surface area (Å²) in [5.41, 5.74) is 0.635. The van der Waals surface area contributed by atoms with Crippen LogP contribution in [0.15, 0.2) is 18.5 Å². The van der Waals surface area contributed by atoms with Crippen LogP contribution in [0.2, 0.25) is 0 Å². The Balaban J connectivity index is 2.25. The monoisotopic (exact) mass is 251 g/mol. The van der Waals surface area contributed by atoms with E-state index in [4.69, 9.17) is 0 Å². The molecule has 1 heterocycles. The molecule has 1 aromatic heterocycles. The minimum absolute atomic E-state index is 0.178. The van der Waals surface area contributed by atoms with Crippen LogP contribution in [0, 0.1) is 17.7 Å². The molecule has 2 nitrogen and oxygen atoms in total. The number of hydrogen-bond acceptors (Lipinski definition) is 2. The van der Waals surface area contributed by atoms with Crippen LogP contribution in [0.5, 0.6) is 0 Å². The maximum absolute atomic E-state index is 13.3. The van der Waals surface area contributed by atoms with E-state index in [1.807, 2.05) is 0 Å². The highest BCUT2D eigenvalue weighted by molar-refractivity contribution is 5.22. The average Bonchev–Trinajstić information content (AvgIpc) is 2.28. The van der Waals surface area contributed by atoms with Crippen molar-refractivity contribution in [3.05, 3.63) is 29.8 Å². The Hall–Kier alpha value is -0.960.